The van der Waals surface area contributed by atoms with Crippen LogP contribution in [0.25, 0.3) is 0 Å². The first kappa shape index (κ1) is 23.8. The van der Waals surface area contributed by atoms with Gasteiger partial charge in [0.15, 0.2) is 15.6 Å². The molecular formula is C26H28N2O5S. The van der Waals surface area contributed by atoms with Crippen LogP contribution < -0.4 is 5.32 Å². The fraction of sp³-hybridized carbons (Fsp3) is 0.308. The highest BCUT2D eigenvalue weighted by Gasteiger charge is 2.23. The van der Waals surface area contributed by atoms with Gasteiger partial charge in [-0.2, -0.15) is 0 Å². The minimum Gasteiger partial charge on any atom is -0.455 e. The Morgan fingerprint density at radius 1 is 0.941 bits per heavy atom. The van der Waals surface area contributed by atoms with E-state index in [-0.39, 0.29) is 34.1 Å². The SMILES string of the molecule is CN(C(=O)c1ccc(NC(=O)c2ccc(CS(=O)(=O)c3ccccc3)o2)cc1)C1CCCCC1. The molecule has 2 aromatic carbocycles. The second-order valence-corrected chi connectivity index (χ2v) is 10.6. The van der Waals surface area contributed by atoms with Crippen LogP contribution in [0.3, 0.4) is 0 Å². The fourth-order valence-corrected chi connectivity index (χ4v) is 5.47. The summed E-state index contributed by atoms with van der Waals surface area (Å²) in [6.07, 6.45) is 5.61. The van der Waals surface area contributed by atoms with E-state index in [9.17, 15) is 18.0 Å². The van der Waals surface area contributed by atoms with Gasteiger partial charge in [-0.25, -0.2) is 8.42 Å². The quantitative estimate of drug-likeness (QED) is 0.518. The summed E-state index contributed by atoms with van der Waals surface area (Å²) in [5, 5.41) is 2.72. The molecule has 4 rings (SSSR count). The number of nitrogens with zero attached hydrogens (tertiary/aromatic N) is 1. The maximum atomic E-state index is 12.8. The first-order valence-electron chi connectivity index (χ1n) is 11.4. The van der Waals surface area contributed by atoms with Gasteiger partial charge in [0, 0.05) is 24.3 Å². The number of nitrogens with one attached hydrogen (secondary N) is 1. The topological polar surface area (TPSA) is 96.7 Å². The first-order valence-corrected chi connectivity index (χ1v) is 13.0. The van der Waals surface area contributed by atoms with E-state index in [1.807, 2.05) is 11.9 Å². The lowest BCUT2D eigenvalue weighted by Gasteiger charge is -2.31. The Balaban J connectivity index is 1.37. The van der Waals surface area contributed by atoms with E-state index in [0.29, 0.717) is 11.3 Å². The largest absolute Gasteiger partial charge is 0.455 e. The molecule has 178 valence electrons. The van der Waals surface area contributed by atoms with Gasteiger partial charge >= 0.3 is 0 Å². The molecule has 2 amide bonds. The predicted molar refractivity (Wildman–Crippen MR) is 129 cm³/mol. The molecule has 1 saturated carbocycles. The van der Waals surface area contributed by atoms with Gasteiger partial charge in [0.05, 0.1) is 4.90 Å². The summed E-state index contributed by atoms with van der Waals surface area (Å²) in [6.45, 7) is 0. The number of amides is 2. The fourth-order valence-electron chi connectivity index (χ4n) is 4.20. The molecule has 34 heavy (non-hydrogen) atoms. The Hall–Kier alpha value is -3.39. The van der Waals surface area contributed by atoms with E-state index in [1.54, 1.807) is 42.5 Å². The van der Waals surface area contributed by atoms with Crippen molar-refractivity contribution in [3.8, 4) is 0 Å². The molecule has 3 aromatic rings. The van der Waals surface area contributed by atoms with Crippen LogP contribution in [0.15, 0.2) is 76.0 Å². The minimum absolute atomic E-state index is 0.00967. The van der Waals surface area contributed by atoms with Crippen LogP contribution in [0.5, 0.6) is 0 Å². The molecule has 0 radical (unpaired) electrons. The standard InChI is InChI=1S/C26H28N2O5S/c1-28(21-8-4-2-5-9-21)26(30)19-12-14-20(15-13-19)27-25(29)24-17-16-22(33-24)18-34(31,32)23-10-6-3-7-11-23/h3,6-7,10-17,21H,2,4-5,8-9,18H2,1H3,(H,27,29). The normalized spacial score (nSPS) is 14.5. The van der Waals surface area contributed by atoms with Crippen LogP contribution in [0.2, 0.25) is 0 Å². The molecule has 1 fully saturated rings. The van der Waals surface area contributed by atoms with Crippen LogP contribution in [-0.4, -0.2) is 38.2 Å². The van der Waals surface area contributed by atoms with Crippen LogP contribution in [0, 0.1) is 0 Å². The van der Waals surface area contributed by atoms with Crippen molar-refractivity contribution in [3.63, 3.8) is 0 Å². The Morgan fingerprint density at radius 3 is 2.29 bits per heavy atom. The highest BCUT2D eigenvalue weighted by Crippen LogP contribution is 2.24. The molecule has 0 atom stereocenters. The number of anilines is 1. The Bertz CT molecular complexity index is 1240. The Morgan fingerprint density at radius 2 is 1.62 bits per heavy atom. The lowest BCUT2D eigenvalue weighted by molar-refractivity contribution is 0.0696. The zero-order valence-corrected chi connectivity index (χ0v) is 19.9. The maximum absolute atomic E-state index is 12.8. The van der Waals surface area contributed by atoms with E-state index >= 15 is 0 Å². The highest BCUT2D eigenvalue weighted by atomic mass is 32.2. The van der Waals surface area contributed by atoms with E-state index in [0.717, 1.165) is 25.7 Å². The lowest BCUT2D eigenvalue weighted by Crippen LogP contribution is -2.38. The van der Waals surface area contributed by atoms with E-state index in [2.05, 4.69) is 5.32 Å². The number of rotatable bonds is 7. The monoisotopic (exact) mass is 480 g/mol. The molecule has 1 N–H and O–H groups in total. The summed E-state index contributed by atoms with van der Waals surface area (Å²) >= 11 is 0. The van der Waals surface area contributed by atoms with Gasteiger partial charge < -0.3 is 14.6 Å². The van der Waals surface area contributed by atoms with E-state index in [1.165, 1.54) is 30.7 Å². The summed E-state index contributed by atoms with van der Waals surface area (Å²) < 4.78 is 30.5. The molecule has 0 saturated heterocycles. The van der Waals surface area contributed by atoms with Crippen molar-refractivity contribution in [2.24, 2.45) is 0 Å². The van der Waals surface area contributed by atoms with E-state index < -0.39 is 15.7 Å². The summed E-state index contributed by atoms with van der Waals surface area (Å²) in [7, 11) is -1.73. The minimum atomic E-state index is -3.57. The van der Waals surface area contributed by atoms with Crippen molar-refractivity contribution >= 4 is 27.3 Å². The number of hydrogen-bond acceptors (Lipinski definition) is 5. The smallest absolute Gasteiger partial charge is 0.291 e. The Kier molecular flexibility index (Phi) is 7.17. The molecular weight excluding hydrogens is 452 g/mol. The third-order valence-electron chi connectivity index (χ3n) is 6.15. The van der Waals surface area contributed by atoms with Crippen LogP contribution >= 0.6 is 0 Å². The first-order chi connectivity index (χ1) is 16.3. The van der Waals surface area contributed by atoms with Gasteiger partial charge in [-0.05, 0) is 61.4 Å². The molecule has 7 nitrogen and oxygen atoms in total. The molecule has 1 aromatic heterocycles. The lowest BCUT2D eigenvalue weighted by atomic mass is 9.94. The van der Waals surface area contributed by atoms with Crippen molar-refractivity contribution in [2.75, 3.05) is 12.4 Å². The number of carbonyl (C=O) groups excluding carboxylic acids is 2. The molecule has 0 unspecified atom stereocenters. The van der Waals surface area contributed by atoms with Crippen LogP contribution in [0.1, 0.15) is 58.8 Å². The number of furan rings is 1. The van der Waals surface area contributed by atoms with Gasteiger partial charge in [-0.15, -0.1) is 0 Å². The summed E-state index contributed by atoms with van der Waals surface area (Å²) in [5.74, 6) is -0.673. The predicted octanol–water partition coefficient (Wildman–Crippen LogP) is 4.91. The van der Waals surface area contributed by atoms with Crippen LogP contribution in [-0.2, 0) is 15.6 Å². The van der Waals surface area contributed by atoms with Crippen molar-refractivity contribution in [1.29, 1.82) is 0 Å². The molecule has 0 aliphatic heterocycles. The Labute approximate surface area is 199 Å². The number of benzene rings is 2. The molecule has 0 bridgehead atoms. The second kappa shape index (κ2) is 10.3. The van der Waals surface area contributed by atoms with Gasteiger partial charge in [0.1, 0.15) is 11.5 Å². The van der Waals surface area contributed by atoms with Crippen molar-refractivity contribution < 1.29 is 22.4 Å². The molecule has 0 spiro atoms. The average molecular weight is 481 g/mol. The van der Waals surface area contributed by atoms with Gasteiger partial charge in [0.2, 0.25) is 0 Å². The van der Waals surface area contributed by atoms with Crippen LogP contribution in [0.4, 0.5) is 5.69 Å². The highest BCUT2D eigenvalue weighted by molar-refractivity contribution is 7.90. The molecule has 1 heterocycles. The summed E-state index contributed by atoms with van der Waals surface area (Å²) in [4.78, 5) is 27.4. The van der Waals surface area contributed by atoms with Gasteiger partial charge in [0.25, 0.3) is 11.8 Å². The van der Waals surface area contributed by atoms with Gasteiger partial charge in [-0.1, -0.05) is 37.5 Å². The molecule has 1 aliphatic carbocycles. The second-order valence-electron chi connectivity index (χ2n) is 8.58. The number of carbonyl (C=O) groups is 2. The number of sulfone groups is 1. The summed E-state index contributed by atoms with van der Waals surface area (Å²) in [5.41, 5.74) is 1.08. The number of hydrogen-bond donors (Lipinski definition) is 1. The van der Waals surface area contributed by atoms with Crippen molar-refractivity contribution in [3.05, 3.63) is 83.8 Å². The van der Waals surface area contributed by atoms with Crippen molar-refractivity contribution in [2.45, 2.75) is 48.8 Å². The van der Waals surface area contributed by atoms with Gasteiger partial charge in [-0.3, -0.25) is 9.59 Å². The summed E-state index contributed by atoms with van der Waals surface area (Å²) in [6, 6.07) is 18.0. The molecule has 1 aliphatic rings. The third kappa shape index (κ3) is 5.56. The zero-order valence-electron chi connectivity index (χ0n) is 19.1. The van der Waals surface area contributed by atoms with Crippen molar-refractivity contribution in [1.82, 2.24) is 4.90 Å². The maximum Gasteiger partial charge on any atom is 0.291 e. The molecule has 8 heteroatoms. The zero-order chi connectivity index (χ0) is 24.1. The van der Waals surface area contributed by atoms with E-state index in [4.69, 9.17) is 4.42 Å². The third-order valence-corrected chi connectivity index (χ3v) is 7.81. The average Bonchev–Trinajstić information content (AvgIpc) is 3.32.